The van der Waals surface area contributed by atoms with Crippen LogP contribution in [0.15, 0.2) is 59.7 Å². The molecule has 0 radical (unpaired) electrons. The van der Waals surface area contributed by atoms with Gasteiger partial charge in [0.15, 0.2) is 0 Å². The number of urea groups is 1. The summed E-state index contributed by atoms with van der Waals surface area (Å²) in [6, 6.07) is 10.8. The number of rotatable bonds is 6. The van der Waals surface area contributed by atoms with Crippen LogP contribution in [0, 0.1) is 20.2 Å². The summed E-state index contributed by atoms with van der Waals surface area (Å²) in [6.45, 7) is 0. The van der Waals surface area contributed by atoms with Crippen molar-refractivity contribution in [1.82, 2.24) is 16.3 Å². The number of hydrazine groups is 1. The molecule has 0 saturated heterocycles. The molecular formula is C17H14N6O6. The maximum atomic E-state index is 12.0. The summed E-state index contributed by atoms with van der Waals surface area (Å²) in [5.41, 5.74) is 5.28. The highest BCUT2D eigenvalue weighted by molar-refractivity contribution is 5.96. The minimum absolute atomic E-state index is 0.375. The van der Waals surface area contributed by atoms with Crippen LogP contribution in [0.1, 0.15) is 15.9 Å². The number of nitro groups is 2. The van der Waals surface area contributed by atoms with Crippen LogP contribution in [0.3, 0.4) is 0 Å². The third-order valence-electron chi connectivity index (χ3n) is 3.29. The first-order valence-electron chi connectivity index (χ1n) is 7.92. The molecule has 148 valence electrons. The minimum Gasteiger partial charge on any atom is -0.267 e. The topological polar surface area (TPSA) is 169 Å². The molecule has 2 aromatic rings. The Kier molecular flexibility index (Phi) is 7.08. The highest BCUT2D eigenvalue weighted by atomic mass is 16.6. The zero-order chi connectivity index (χ0) is 21.2. The quantitative estimate of drug-likeness (QED) is 0.382. The average molecular weight is 398 g/mol. The van der Waals surface area contributed by atoms with Crippen molar-refractivity contribution in [3.63, 3.8) is 0 Å². The smallest absolute Gasteiger partial charge is 0.267 e. The van der Waals surface area contributed by atoms with E-state index in [9.17, 15) is 29.8 Å². The van der Waals surface area contributed by atoms with Crippen molar-refractivity contribution in [2.24, 2.45) is 5.10 Å². The Hall–Kier alpha value is -4.61. The number of nitrogens with one attached hydrogen (secondary N) is 3. The number of amides is 3. The monoisotopic (exact) mass is 398 g/mol. The lowest BCUT2D eigenvalue weighted by Crippen LogP contribution is -2.45. The van der Waals surface area contributed by atoms with E-state index in [0.29, 0.717) is 6.07 Å². The Balaban J connectivity index is 1.89. The van der Waals surface area contributed by atoms with Gasteiger partial charge in [-0.3, -0.25) is 30.4 Å². The lowest BCUT2D eigenvalue weighted by Gasteiger charge is -2.06. The van der Waals surface area contributed by atoms with E-state index in [1.165, 1.54) is 6.21 Å². The predicted molar refractivity (Wildman–Crippen MR) is 103 cm³/mol. The Bertz CT molecular complexity index is 957. The second kappa shape index (κ2) is 9.91. The number of nitrogens with zero attached hydrogens (tertiary/aromatic N) is 3. The number of benzene rings is 2. The average Bonchev–Trinajstić information content (AvgIpc) is 2.72. The predicted octanol–water partition coefficient (Wildman–Crippen LogP) is 2.15. The molecule has 0 heterocycles. The molecule has 0 spiro atoms. The van der Waals surface area contributed by atoms with Crippen LogP contribution >= 0.6 is 0 Å². The normalized spacial score (nSPS) is 10.6. The number of hydrogen-bond donors (Lipinski definition) is 3. The molecule has 0 aliphatic rings. The number of hydrazone groups is 1. The first-order valence-corrected chi connectivity index (χ1v) is 7.92. The van der Waals surface area contributed by atoms with E-state index in [2.05, 4.69) is 10.5 Å². The van der Waals surface area contributed by atoms with Crippen LogP contribution in [-0.2, 0) is 0 Å². The minimum atomic E-state index is -0.986. The summed E-state index contributed by atoms with van der Waals surface area (Å²) >= 11 is 0. The number of allylic oxidation sites excluding steroid dienone is 1. The van der Waals surface area contributed by atoms with Gasteiger partial charge in [0.25, 0.3) is 17.3 Å². The molecule has 0 aromatic heterocycles. The lowest BCUT2D eigenvalue weighted by molar-refractivity contribution is -0.394. The Morgan fingerprint density at radius 1 is 0.931 bits per heavy atom. The van der Waals surface area contributed by atoms with E-state index in [4.69, 9.17) is 0 Å². The first kappa shape index (κ1) is 20.7. The van der Waals surface area contributed by atoms with Crippen molar-refractivity contribution in [2.45, 2.75) is 0 Å². The van der Waals surface area contributed by atoms with Crippen LogP contribution in [0.25, 0.3) is 6.08 Å². The van der Waals surface area contributed by atoms with E-state index in [0.717, 1.165) is 17.7 Å². The van der Waals surface area contributed by atoms with Gasteiger partial charge >= 0.3 is 6.03 Å². The van der Waals surface area contributed by atoms with Gasteiger partial charge in [-0.1, -0.05) is 36.4 Å². The molecular weight excluding hydrogens is 384 g/mol. The van der Waals surface area contributed by atoms with Gasteiger partial charge in [0, 0.05) is 18.3 Å². The van der Waals surface area contributed by atoms with Gasteiger partial charge in [0.2, 0.25) is 0 Å². The third kappa shape index (κ3) is 6.56. The van der Waals surface area contributed by atoms with Crippen molar-refractivity contribution < 1.29 is 19.4 Å². The molecule has 0 bridgehead atoms. The highest BCUT2D eigenvalue weighted by Crippen LogP contribution is 2.22. The second-order valence-corrected chi connectivity index (χ2v) is 5.32. The highest BCUT2D eigenvalue weighted by Gasteiger charge is 2.20. The van der Waals surface area contributed by atoms with Crippen LogP contribution in [0.2, 0.25) is 0 Å². The maximum Gasteiger partial charge on any atom is 0.353 e. The summed E-state index contributed by atoms with van der Waals surface area (Å²) in [4.78, 5) is 43.5. The number of hydrogen-bond acceptors (Lipinski definition) is 7. The molecule has 0 fully saturated rings. The SMILES string of the molecule is O=C(N/N=C/C=C\c1ccccc1)NNC(=O)c1cc([N+](=O)[O-])cc([N+](=O)[O-])c1. The fourth-order valence-electron chi connectivity index (χ4n) is 2.01. The van der Waals surface area contributed by atoms with Gasteiger partial charge in [-0.05, 0) is 11.6 Å². The van der Waals surface area contributed by atoms with Crippen LogP contribution < -0.4 is 16.3 Å². The van der Waals surface area contributed by atoms with Gasteiger partial charge in [-0.25, -0.2) is 15.6 Å². The molecule has 29 heavy (non-hydrogen) atoms. The van der Waals surface area contributed by atoms with Crippen LogP contribution in [0.5, 0.6) is 0 Å². The van der Waals surface area contributed by atoms with E-state index < -0.39 is 33.2 Å². The molecule has 0 saturated carbocycles. The van der Waals surface area contributed by atoms with Gasteiger partial charge in [-0.2, -0.15) is 5.10 Å². The lowest BCUT2D eigenvalue weighted by atomic mass is 10.1. The molecule has 2 aromatic carbocycles. The number of non-ortho nitro benzene ring substituents is 2. The van der Waals surface area contributed by atoms with E-state index in [-0.39, 0.29) is 5.56 Å². The number of nitro benzene ring substituents is 2. The Morgan fingerprint density at radius 2 is 1.55 bits per heavy atom. The summed E-state index contributed by atoms with van der Waals surface area (Å²) in [6.07, 6.45) is 4.63. The van der Waals surface area contributed by atoms with Crippen molar-refractivity contribution in [1.29, 1.82) is 0 Å². The standard InChI is InChI=1S/C17H14N6O6/c24-16(13-9-14(22(26)27)11-15(10-13)23(28)29)19-21-17(25)20-18-8-4-7-12-5-2-1-3-6-12/h1-11H,(H,19,24)(H2,20,21,25)/b7-4-,18-8+. The number of carbonyl (C=O) groups is 2. The van der Waals surface area contributed by atoms with Crippen LogP contribution in [0.4, 0.5) is 16.2 Å². The fraction of sp³-hybridized carbons (Fsp3) is 0. The third-order valence-corrected chi connectivity index (χ3v) is 3.29. The molecule has 12 nitrogen and oxygen atoms in total. The van der Waals surface area contributed by atoms with Crippen molar-refractivity contribution >= 4 is 35.6 Å². The molecule has 0 aliphatic carbocycles. The molecule has 2 rings (SSSR count). The van der Waals surface area contributed by atoms with E-state index >= 15 is 0 Å². The molecule has 3 N–H and O–H groups in total. The number of carbonyl (C=O) groups excluding carboxylic acids is 2. The fourth-order valence-corrected chi connectivity index (χ4v) is 2.01. The zero-order valence-corrected chi connectivity index (χ0v) is 14.6. The molecule has 0 unspecified atom stereocenters. The summed E-state index contributed by atoms with van der Waals surface area (Å²) in [7, 11) is 0. The van der Waals surface area contributed by atoms with Gasteiger partial charge in [-0.15, -0.1) is 0 Å². The summed E-state index contributed by atoms with van der Waals surface area (Å²) in [5, 5.41) is 25.3. The van der Waals surface area contributed by atoms with Crippen molar-refractivity contribution in [3.05, 3.63) is 86.0 Å². The second-order valence-electron chi connectivity index (χ2n) is 5.32. The Labute approximate surface area is 163 Å². The molecule has 0 atom stereocenters. The van der Waals surface area contributed by atoms with Crippen molar-refractivity contribution in [3.8, 4) is 0 Å². The maximum absolute atomic E-state index is 12.0. The first-order chi connectivity index (χ1) is 13.9. The van der Waals surface area contributed by atoms with Crippen LogP contribution in [-0.4, -0.2) is 28.0 Å². The van der Waals surface area contributed by atoms with Gasteiger partial charge in [0.1, 0.15) is 0 Å². The van der Waals surface area contributed by atoms with Crippen molar-refractivity contribution in [2.75, 3.05) is 0 Å². The van der Waals surface area contributed by atoms with E-state index in [1.807, 2.05) is 41.2 Å². The van der Waals surface area contributed by atoms with E-state index in [1.54, 1.807) is 12.2 Å². The molecule has 3 amide bonds. The summed E-state index contributed by atoms with van der Waals surface area (Å²) in [5.74, 6) is -0.986. The molecule has 0 aliphatic heterocycles. The van der Waals surface area contributed by atoms with Gasteiger partial charge in [0.05, 0.1) is 21.5 Å². The molecule has 12 heteroatoms. The largest absolute Gasteiger partial charge is 0.353 e. The zero-order valence-electron chi connectivity index (χ0n) is 14.6. The Morgan fingerprint density at radius 3 is 2.14 bits per heavy atom. The summed E-state index contributed by atoms with van der Waals surface area (Å²) < 4.78 is 0. The van der Waals surface area contributed by atoms with Gasteiger partial charge < -0.3 is 0 Å².